The molecule has 3 nitrogen and oxygen atoms in total. The summed E-state index contributed by atoms with van der Waals surface area (Å²) in [6, 6.07) is 34.0. The molecular formula is C42H31N3S2. The lowest BCUT2D eigenvalue weighted by Crippen LogP contribution is -2.20. The van der Waals surface area contributed by atoms with Crippen molar-refractivity contribution in [3.63, 3.8) is 0 Å². The summed E-state index contributed by atoms with van der Waals surface area (Å²) in [4.78, 5) is 4.35. The van der Waals surface area contributed by atoms with Gasteiger partial charge >= 0.3 is 0 Å². The molecule has 3 aliphatic heterocycles. The summed E-state index contributed by atoms with van der Waals surface area (Å²) >= 11 is 4.03. The first-order chi connectivity index (χ1) is 23.3. The molecule has 6 aromatic rings. The minimum Gasteiger partial charge on any atom is -0.379 e. The van der Waals surface area contributed by atoms with Crippen LogP contribution in [0.3, 0.4) is 0 Å². The van der Waals surface area contributed by atoms with Crippen molar-refractivity contribution >= 4 is 56.7 Å². The Bertz CT molecular complexity index is 2470. The number of nitrogens with one attached hydrogen (secondary N) is 1. The highest BCUT2D eigenvalue weighted by atomic mass is 32.2. The topological polar surface area (TPSA) is 21.9 Å². The fourth-order valence-corrected chi connectivity index (χ4v) is 11.4. The van der Waals surface area contributed by atoms with Crippen molar-refractivity contribution in [3.05, 3.63) is 149 Å². The van der Waals surface area contributed by atoms with E-state index in [4.69, 9.17) is 0 Å². The molecule has 0 saturated heterocycles. The smallest absolute Gasteiger partial charge is 0.0946 e. The van der Waals surface area contributed by atoms with Crippen LogP contribution in [0, 0.1) is 0 Å². The maximum absolute atomic E-state index is 3.95. The lowest BCUT2D eigenvalue weighted by Gasteiger charge is -2.29. The van der Waals surface area contributed by atoms with Crippen LogP contribution in [-0.4, -0.2) is 14.4 Å². The summed E-state index contributed by atoms with van der Waals surface area (Å²) in [5.41, 5.74) is 14.8. The van der Waals surface area contributed by atoms with Crippen LogP contribution in [0.25, 0.3) is 44.6 Å². The fourth-order valence-electron chi connectivity index (χ4n) is 8.63. The van der Waals surface area contributed by atoms with E-state index in [9.17, 15) is 0 Å². The SMILES string of the molecule is C1=C[C@H]2c3ccccc3SC2C(n2c3c(c4ccccc42)NCc2c-3n(-c3cccc4c3SC3=C(C=CCC3)C4)c3ccccc23)=C1. The number of aromatic nitrogens is 2. The van der Waals surface area contributed by atoms with Crippen LogP contribution in [-0.2, 0) is 13.0 Å². The molecule has 2 atom stereocenters. The van der Waals surface area contributed by atoms with Crippen molar-refractivity contribution < 1.29 is 0 Å². The Hall–Kier alpha value is -4.58. The second-order valence-electron chi connectivity index (χ2n) is 13.1. The molecule has 5 heterocycles. The van der Waals surface area contributed by atoms with Crippen molar-refractivity contribution in [2.24, 2.45) is 0 Å². The molecule has 2 aromatic heterocycles. The zero-order valence-corrected chi connectivity index (χ0v) is 27.4. The van der Waals surface area contributed by atoms with E-state index in [1.807, 2.05) is 23.5 Å². The largest absolute Gasteiger partial charge is 0.379 e. The molecule has 226 valence electrons. The number of thioether (sulfide) groups is 2. The minimum absolute atomic E-state index is 0.310. The van der Waals surface area contributed by atoms with E-state index in [0.717, 1.165) is 25.8 Å². The molecular weight excluding hydrogens is 611 g/mol. The molecule has 0 bridgehead atoms. The third-order valence-corrected chi connectivity index (χ3v) is 13.5. The third-order valence-electron chi connectivity index (χ3n) is 10.7. The van der Waals surface area contributed by atoms with Crippen molar-refractivity contribution in [2.75, 3.05) is 5.32 Å². The first-order valence-corrected chi connectivity index (χ1v) is 18.4. The van der Waals surface area contributed by atoms with E-state index >= 15 is 0 Å². The van der Waals surface area contributed by atoms with E-state index in [1.165, 1.54) is 87.2 Å². The van der Waals surface area contributed by atoms with Gasteiger partial charge in [0.05, 0.1) is 39.0 Å². The molecule has 5 aliphatic rings. The summed E-state index contributed by atoms with van der Waals surface area (Å²) in [5, 5.41) is 6.87. The zero-order chi connectivity index (χ0) is 30.6. The van der Waals surface area contributed by atoms with Crippen LogP contribution < -0.4 is 5.32 Å². The van der Waals surface area contributed by atoms with Crippen LogP contribution in [0.2, 0.25) is 0 Å². The summed E-state index contributed by atoms with van der Waals surface area (Å²) in [7, 11) is 0. The van der Waals surface area contributed by atoms with E-state index in [2.05, 4.69) is 136 Å². The van der Waals surface area contributed by atoms with Gasteiger partial charge in [-0.05, 0) is 71.2 Å². The number of hydrogen-bond acceptors (Lipinski definition) is 3. The third kappa shape index (κ3) is 3.67. The van der Waals surface area contributed by atoms with Crippen molar-refractivity contribution in [1.29, 1.82) is 0 Å². The van der Waals surface area contributed by atoms with Gasteiger partial charge in [0, 0.05) is 44.3 Å². The average Bonchev–Trinajstić information content (AvgIpc) is 3.78. The average molecular weight is 642 g/mol. The Balaban J connectivity index is 1.20. The Morgan fingerprint density at radius 1 is 0.787 bits per heavy atom. The first kappa shape index (κ1) is 26.5. The van der Waals surface area contributed by atoms with Gasteiger partial charge in [0.15, 0.2) is 0 Å². The van der Waals surface area contributed by atoms with Crippen LogP contribution in [0.4, 0.5) is 5.69 Å². The molecule has 5 heteroatoms. The molecule has 0 spiro atoms. The Kier molecular flexibility index (Phi) is 5.61. The number of para-hydroxylation sites is 2. The van der Waals surface area contributed by atoms with Crippen molar-refractivity contribution in [2.45, 2.75) is 46.8 Å². The first-order valence-electron chi connectivity index (χ1n) is 16.7. The number of fused-ring (bicyclic) bond motifs is 11. The number of anilines is 1. The van der Waals surface area contributed by atoms with Gasteiger partial charge in [-0.15, -0.1) is 11.8 Å². The molecule has 4 aromatic carbocycles. The van der Waals surface area contributed by atoms with Gasteiger partial charge in [-0.25, -0.2) is 0 Å². The number of nitrogens with zero attached hydrogens (tertiary/aromatic N) is 2. The molecule has 0 fully saturated rings. The summed E-state index contributed by atoms with van der Waals surface area (Å²) in [6.07, 6.45) is 15.1. The van der Waals surface area contributed by atoms with Crippen LogP contribution in [0.1, 0.15) is 35.4 Å². The van der Waals surface area contributed by atoms with Crippen LogP contribution in [0.15, 0.2) is 142 Å². The molecule has 1 N–H and O–H groups in total. The minimum atomic E-state index is 0.310. The van der Waals surface area contributed by atoms with Crippen molar-refractivity contribution in [1.82, 2.24) is 9.13 Å². The number of rotatable bonds is 2. The molecule has 2 aliphatic carbocycles. The number of hydrogen-bond donors (Lipinski definition) is 1. The van der Waals surface area contributed by atoms with Gasteiger partial charge in [0.1, 0.15) is 0 Å². The summed E-state index contributed by atoms with van der Waals surface area (Å²) in [6.45, 7) is 0.803. The summed E-state index contributed by atoms with van der Waals surface area (Å²) in [5.74, 6) is 0.361. The second-order valence-corrected chi connectivity index (χ2v) is 15.4. The molecule has 47 heavy (non-hydrogen) atoms. The van der Waals surface area contributed by atoms with Crippen LogP contribution in [0.5, 0.6) is 0 Å². The zero-order valence-electron chi connectivity index (χ0n) is 25.7. The number of allylic oxidation sites excluding steroid dienone is 7. The van der Waals surface area contributed by atoms with E-state index in [1.54, 1.807) is 0 Å². The maximum Gasteiger partial charge on any atom is 0.0946 e. The van der Waals surface area contributed by atoms with Gasteiger partial charge < -0.3 is 14.5 Å². The Labute approximate surface area is 282 Å². The molecule has 11 rings (SSSR count). The molecule has 0 saturated carbocycles. The molecule has 0 radical (unpaired) electrons. The van der Waals surface area contributed by atoms with E-state index in [-0.39, 0.29) is 0 Å². The standard InChI is InChI=1S/C42H31N3S2/c1-7-21-36-25(11-1)23-26-12-9-19-34(41(26)46-36)44-32-17-5-2-13-27(32)31-24-43-38-30-15-3-6-18-33(30)45(40(38)39(31)44)35-20-10-16-29-28-14-4-8-22-37(28)47-42(29)35/h1-6,8-20,22,29,42-43H,7,21,23-24H2/t29-,42?/m0/s1. The predicted octanol–water partition coefficient (Wildman–Crippen LogP) is 11.1. The molecule has 0 amide bonds. The van der Waals surface area contributed by atoms with Gasteiger partial charge in [-0.1, -0.05) is 103 Å². The normalized spacial score (nSPS) is 20.3. The summed E-state index contributed by atoms with van der Waals surface area (Å²) < 4.78 is 5.23. The van der Waals surface area contributed by atoms with Gasteiger partial charge in [0.25, 0.3) is 0 Å². The van der Waals surface area contributed by atoms with E-state index in [0.29, 0.717) is 11.2 Å². The van der Waals surface area contributed by atoms with Gasteiger partial charge in [0.2, 0.25) is 0 Å². The predicted molar refractivity (Wildman–Crippen MR) is 199 cm³/mol. The lowest BCUT2D eigenvalue weighted by molar-refractivity contribution is 0.856. The number of benzene rings is 4. The fraction of sp³-hybridized carbons (Fsp3) is 0.143. The van der Waals surface area contributed by atoms with Gasteiger partial charge in [-0.2, -0.15) is 0 Å². The lowest BCUT2D eigenvalue weighted by atomic mass is 9.90. The van der Waals surface area contributed by atoms with Crippen molar-refractivity contribution in [3.8, 4) is 17.1 Å². The highest BCUT2D eigenvalue weighted by molar-refractivity contribution is 8.03. The van der Waals surface area contributed by atoms with Gasteiger partial charge in [-0.3, -0.25) is 0 Å². The Morgan fingerprint density at radius 2 is 1.62 bits per heavy atom. The molecule has 1 unspecified atom stereocenters. The monoisotopic (exact) mass is 641 g/mol. The maximum atomic E-state index is 3.95. The Morgan fingerprint density at radius 3 is 2.55 bits per heavy atom. The van der Waals surface area contributed by atoms with E-state index < -0.39 is 0 Å². The quantitative estimate of drug-likeness (QED) is 0.203. The second kappa shape index (κ2) is 9.96. The highest BCUT2D eigenvalue weighted by Gasteiger charge is 2.39. The van der Waals surface area contributed by atoms with Crippen LogP contribution >= 0.6 is 23.5 Å². The highest BCUT2D eigenvalue weighted by Crippen LogP contribution is 2.56.